The minimum atomic E-state index is -0.785. The van der Waals surface area contributed by atoms with Crippen molar-refractivity contribution in [3.63, 3.8) is 0 Å². The maximum atomic E-state index is 12.0. The molecule has 0 heterocycles. The van der Waals surface area contributed by atoms with E-state index in [0.717, 1.165) is 29.3 Å². The van der Waals surface area contributed by atoms with Crippen molar-refractivity contribution in [3.05, 3.63) is 31.9 Å². The van der Waals surface area contributed by atoms with Gasteiger partial charge in [-0.3, -0.25) is 14.3 Å². The van der Waals surface area contributed by atoms with Crippen LogP contribution in [0, 0.1) is 13.7 Å². The molecule has 3 unspecified atom stereocenters. The lowest BCUT2D eigenvalue weighted by Gasteiger charge is -2.29. The molecule has 2 rings (SSSR count). The highest BCUT2D eigenvalue weighted by molar-refractivity contribution is 14.1. The van der Waals surface area contributed by atoms with Crippen molar-refractivity contribution in [2.45, 2.75) is 43.9 Å². The fourth-order valence-electron chi connectivity index (χ4n) is 2.75. The van der Waals surface area contributed by atoms with E-state index in [1.807, 2.05) is 13.0 Å². The van der Waals surface area contributed by atoms with E-state index in [4.69, 9.17) is 0 Å². The van der Waals surface area contributed by atoms with Crippen LogP contribution in [0.25, 0.3) is 0 Å². The van der Waals surface area contributed by atoms with Gasteiger partial charge < -0.3 is 5.32 Å². The van der Waals surface area contributed by atoms with Crippen LogP contribution in [0.1, 0.15) is 32.6 Å². The SMILES string of the molecule is CCS(=O)C1CCCC(Nc2ccc(I)cc2[N+](=O)[O-])C1. The number of rotatable bonds is 5. The highest BCUT2D eigenvalue weighted by atomic mass is 127. The van der Waals surface area contributed by atoms with Gasteiger partial charge in [0.25, 0.3) is 5.69 Å². The van der Waals surface area contributed by atoms with Crippen molar-refractivity contribution < 1.29 is 9.13 Å². The third kappa shape index (κ3) is 4.38. The normalized spacial score (nSPS) is 23.5. The van der Waals surface area contributed by atoms with E-state index in [9.17, 15) is 14.3 Å². The molecule has 1 fully saturated rings. The van der Waals surface area contributed by atoms with Crippen LogP contribution in [0.3, 0.4) is 0 Å². The van der Waals surface area contributed by atoms with E-state index in [0.29, 0.717) is 11.4 Å². The van der Waals surface area contributed by atoms with E-state index in [2.05, 4.69) is 27.9 Å². The number of anilines is 1. The Bertz CT molecular complexity index is 553. The van der Waals surface area contributed by atoms with Gasteiger partial charge in [0.2, 0.25) is 0 Å². The average Bonchev–Trinajstić information content (AvgIpc) is 2.48. The summed E-state index contributed by atoms with van der Waals surface area (Å²) in [5, 5.41) is 14.6. The van der Waals surface area contributed by atoms with Gasteiger partial charge >= 0.3 is 0 Å². The zero-order valence-corrected chi connectivity index (χ0v) is 14.9. The van der Waals surface area contributed by atoms with E-state index in [1.165, 1.54) is 0 Å². The van der Waals surface area contributed by atoms with Crippen LogP contribution in [0.5, 0.6) is 0 Å². The number of halogens is 1. The lowest BCUT2D eigenvalue weighted by molar-refractivity contribution is -0.384. The second kappa shape index (κ2) is 7.53. The zero-order valence-electron chi connectivity index (χ0n) is 11.9. The number of nitrogens with one attached hydrogen (secondary N) is 1. The molecule has 3 atom stereocenters. The van der Waals surface area contributed by atoms with E-state index in [-0.39, 0.29) is 21.9 Å². The maximum absolute atomic E-state index is 12.0. The number of nitro benzene ring substituents is 1. The molecule has 0 spiro atoms. The number of benzene rings is 1. The van der Waals surface area contributed by atoms with Crippen molar-refractivity contribution in [2.24, 2.45) is 0 Å². The molecule has 0 bridgehead atoms. The smallest absolute Gasteiger partial charge is 0.293 e. The molecule has 0 aliphatic heterocycles. The first-order valence-electron chi connectivity index (χ1n) is 7.09. The predicted molar refractivity (Wildman–Crippen MR) is 94.2 cm³/mol. The number of nitro groups is 1. The Kier molecular flexibility index (Phi) is 5.98. The van der Waals surface area contributed by atoms with Crippen LogP contribution < -0.4 is 5.32 Å². The van der Waals surface area contributed by atoms with E-state index in [1.54, 1.807) is 12.1 Å². The van der Waals surface area contributed by atoms with E-state index < -0.39 is 10.8 Å². The molecular formula is C14H19IN2O3S. The lowest BCUT2D eigenvalue weighted by atomic mass is 9.94. The Labute approximate surface area is 140 Å². The fraction of sp³-hybridized carbons (Fsp3) is 0.571. The highest BCUT2D eigenvalue weighted by Gasteiger charge is 2.27. The van der Waals surface area contributed by atoms with Gasteiger partial charge in [-0.05, 0) is 54.0 Å². The summed E-state index contributed by atoms with van der Waals surface area (Å²) >= 11 is 2.07. The van der Waals surface area contributed by atoms with Crippen LogP contribution >= 0.6 is 22.6 Å². The maximum Gasteiger partial charge on any atom is 0.293 e. The van der Waals surface area contributed by atoms with Gasteiger partial charge in [-0.1, -0.05) is 13.3 Å². The Morgan fingerprint density at radius 1 is 1.48 bits per heavy atom. The van der Waals surface area contributed by atoms with Crippen molar-refractivity contribution in [1.29, 1.82) is 0 Å². The second-order valence-electron chi connectivity index (χ2n) is 5.22. The first-order chi connectivity index (χ1) is 10.0. The van der Waals surface area contributed by atoms with Crippen LogP contribution in [0.4, 0.5) is 11.4 Å². The first-order valence-corrected chi connectivity index (χ1v) is 9.55. The summed E-state index contributed by atoms with van der Waals surface area (Å²) in [6, 6.07) is 5.37. The van der Waals surface area contributed by atoms with Gasteiger partial charge in [0, 0.05) is 37.5 Å². The van der Waals surface area contributed by atoms with Crippen molar-refractivity contribution in [3.8, 4) is 0 Å². The van der Waals surface area contributed by atoms with Gasteiger partial charge in [0.1, 0.15) is 5.69 Å². The molecule has 0 aromatic heterocycles. The third-order valence-corrected chi connectivity index (χ3v) is 6.21. The van der Waals surface area contributed by atoms with Gasteiger partial charge in [-0.15, -0.1) is 0 Å². The lowest BCUT2D eigenvalue weighted by Crippen LogP contribution is -2.33. The summed E-state index contributed by atoms with van der Waals surface area (Å²) in [7, 11) is -0.785. The molecule has 1 aromatic carbocycles. The molecule has 7 heteroatoms. The number of nitrogens with zero attached hydrogens (tertiary/aromatic N) is 1. The molecule has 5 nitrogen and oxygen atoms in total. The Morgan fingerprint density at radius 3 is 2.90 bits per heavy atom. The van der Waals surface area contributed by atoms with Gasteiger partial charge in [-0.25, -0.2) is 0 Å². The van der Waals surface area contributed by atoms with Gasteiger partial charge in [0.05, 0.1) is 4.92 Å². The molecule has 21 heavy (non-hydrogen) atoms. The molecule has 1 N–H and O–H groups in total. The quantitative estimate of drug-likeness (QED) is 0.446. The minimum absolute atomic E-state index is 0.112. The summed E-state index contributed by atoms with van der Waals surface area (Å²) in [5.74, 6) is 0.682. The first kappa shape index (κ1) is 16.7. The minimum Gasteiger partial charge on any atom is -0.377 e. The average molecular weight is 422 g/mol. The molecular weight excluding hydrogens is 403 g/mol. The Hall–Kier alpha value is -0.700. The van der Waals surface area contributed by atoms with Gasteiger partial charge in [-0.2, -0.15) is 0 Å². The predicted octanol–water partition coefficient (Wildman–Crippen LogP) is 3.69. The van der Waals surface area contributed by atoms with Gasteiger partial charge in [0.15, 0.2) is 0 Å². The standard InChI is InChI=1S/C14H19IN2O3S/c1-2-21(20)12-5-3-4-11(9-12)16-13-7-6-10(15)8-14(13)17(18)19/h6-8,11-12,16H,2-5,9H2,1H3. The van der Waals surface area contributed by atoms with E-state index >= 15 is 0 Å². The van der Waals surface area contributed by atoms with Crippen LogP contribution in [-0.2, 0) is 10.8 Å². The Morgan fingerprint density at radius 2 is 2.24 bits per heavy atom. The van der Waals surface area contributed by atoms with Crippen molar-refractivity contribution in [2.75, 3.05) is 11.1 Å². The molecule has 1 aromatic rings. The monoisotopic (exact) mass is 422 g/mol. The largest absolute Gasteiger partial charge is 0.377 e. The summed E-state index contributed by atoms with van der Waals surface area (Å²) < 4.78 is 12.8. The molecule has 1 aliphatic carbocycles. The molecule has 0 saturated heterocycles. The highest BCUT2D eigenvalue weighted by Crippen LogP contribution is 2.31. The second-order valence-corrected chi connectivity index (χ2v) is 8.47. The van der Waals surface area contributed by atoms with Crippen molar-refractivity contribution >= 4 is 44.8 Å². The summed E-state index contributed by atoms with van der Waals surface area (Å²) in [6.45, 7) is 1.94. The molecule has 116 valence electrons. The van der Waals surface area contributed by atoms with Crippen molar-refractivity contribution in [1.82, 2.24) is 0 Å². The van der Waals surface area contributed by atoms with Crippen LogP contribution in [0.15, 0.2) is 18.2 Å². The third-order valence-electron chi connectivity index (χ3n) is 3.80. The zero-order chi connectivity index (χ0) is 15.4. The Balaban J connectivity index is 2.11. The molecule has 1 saturated carbocycles. The summed E-state index contributed by atoms with van der Waals surface area (Å²) in [5.41, 5.74) is 0.675. The summed E-state index contributed by atoms with van der Waals surface area (Å²) in [4.78, 5) is 10.8. The topological polar surface area (TPSA) is 72.2 Å². The molecule has 0 amide bonds. The summed E-state index contributed by atoms with van der Waals surface area (Å²) in [6.07, 6.45) is 3.81. The van der Waals surface area contributed by atoms with Crippen LogP contribution in [-0.4, -0.2) is 26.2 Å². The van der Waals surface area contributed by atoms with Crippen LogP contribution in [0.2, 0.25) is 0 Å². The number of hydrogen-bond acceptors (Lipinski definition) is 4. The molecule has 1 aliphatic rings. The molecule has 0 radical (unpaired) electrons. The fourth-order valence-corrected chi connectivity index (χ4v) is 4.57. The number of hydrogen-bond donors (Lipinski definition) is 1.